The normalized spacial score (nSPS) is 18.6. The van der Waals surface area contributed by atoms with E-state index in [0.29, 0.717) is 17.6 Å². The number of para-hydroxylation sites is 1. The SMILES string of the molecule is CC1Cc2ccccc2N1C(CN)c1cc(Cl)ccc1O. The minimum absolute atomic E-state index is 0.0812. The average molecular weight is 303 g/mol. The zero-order chi connectivity index (χ0) is 15.0. The van der Waals surface area contributed by atoms with Crippen molar-refractivity contribution in [2.45, 2.75) is 25.4 Å². The van der Waals surface area contributed by atoms with Gasteiger partial charge in [0.15, 0.2) is 0 Å². The number of benzene rings is 2. The second-order valence-corrected chi connectivity index (χ2v) is 5.98. The minimum atomic E-state index is -0.0812. The highest BCUT2D eigenvalue weighted by Crippen LogP contribution is 2.40. The Kier molecular flexibility index (Phi) is 3.79. The molecule has 3 nitrogen and oxygen atoms in total. The average Bonchev–Trinajstić information content (AvgIpc) is 2.80. The molecule has 2 aromatic carbocycles. The number of nitrogens with two attached hydrogens (primary N) is 1. The second kappa shape index (κ2) is 5.58. The topological polar surface area (TPSA) is 49.5 Å². The lowest BCUT2D eigenvalue weighted by atomic mass is 10.0. The first-order valence-corrected chi connectivity index (χ1v) is 7.54. The molecule has 1 heterocycles. The van der Waals surface area contributed by atoms with Crippen LogP contribution in [0.4, 0.5) is 5.69 Å². The van der Waals surface area contributed by atoms with E-state index >= 15 is 0 Å². The van der Waals surface area contributed by atoms with E-state index in [2.05, 4.69) is 30.0 Å². The van der Waals surface area contributed by atoms with Gasteiger partial charge in [-0.05, 0) is 43.2 Å². The lowest BCUT2D eigenvalue weighted by Crippen LogP contribution is -2.37. The van der Waals surface area contributed by atoms with Crippen molar-refractivity contribution in [2.75, 3.05) is 11.4 Å². The number of anilines is 1. The van der Waals surface area contributed by atoms with E-state index < -0.39 is 0 Å². The van der Waals surface area contributed by atoms with Gasteiger partial charge in [-0.2, -0.15) is 0 Å². The Morgan fingerprint density at radius 3 is 2.86 bits per heavy atom. The Bertz CT molecular complexity index is 659. The molecular weight excluding hydrogens is 284 g/mol. The van der Waals surface area contributed by atoms with Gasteiger partial charge in [0.2, 0.25) is 0 Å². The highest BCUT2D eigenvalue weighted by atomic mass is 35.5. The van der Waals surface area contributed by atoms with Crippen LogP contribution in [0, 0.1) is 0 Å². The van der Waals surface area contributed by atoms with E-state index in [0.717, 1.165) is 12.0 Å². The van der Waals surface area contributed by atoms with Crippen LogP contribution < -0.4 is 10.6 Å². The van der Waals surface area contributed by atoms with Gasteiger partial charge in [0.05, 0.1) is 6.04 Å². The van der Waals surface area contributed by atoms with Crippen molar-refractivity contribution in [2.24, 2.45) is 5.73 Å². The molecule has 0 spiro atoms. The first kappa shape index (κ1) is 14.2. The maximum absolute atomic E-state index is 10.2. The Balaban J connectivity index is 2.06. The van der Waals surface area contributed by atoms with Gasteiger partial charge in [-0.25, -0.2) is 0 Å². The van der Waals surface area contributed by atoms with Gasteiger partial charge in [0, 0.05) is 28.9 Å². The molecule has 0 amide bonds. The van der Waals surface area contributed by atoms with Crippen LogP contribution in [0.15, 0.2) is 42.5 Å². The van der Waals surface area contributed by atoms with Gasteiger partial charge in [-0.1, -0.05) is 29.8 Å². The molecule has 3 rings (SSSR count). The molecule has 0 saturated heterocycles. The van der Waals surface area contributed by atoms with Gasteiger partial charge < -0.3 is 15.7 Å². The van der Waals surface area contributed by atoms with Crippen LogP contribution in [0.3, 0.4) is 0 Å². The van der Waals surface area contributed by atoms with Crippen LogP contribution in [0.25, 0.3) is 0 Å². The van der Waals surface area contributed by atoms with Crippen LogP contribution in [0.2, 0.25) is 5.02 Å². The van der Waals surface area contributed by atoms with Crippen molar-refractivity contribution in [3.05, 3.63) is 58.6 Å². The fourth-order valence-electron chi connectivity index (χ4n) is 3.25. The summed E-state index contributed by atoms with van der Waals surface area (Å²) in [7, 11) is 0. The molecular formula is C17H19ClN2O. The Hall–Kier alpha value is -1.71. The molecule has 2 unspecified atom stereocenters. The van der Waals surface area contributed by atoms with Gasteiger partial charge in [0.1, 0.15) is 5.75 Å². The molecule has 1 aliphatic rings. The molecule has 0 aliphatic carbocycles. The molecule has 0 aromatic heterocycles. The fraction of sp³-hybridized carbons (Fsp3) is 0.294. The summed E-state index contributed by atoms with van der Waals surface area (Å²) in [5, 5.41) is 10.8. The van der Waals surface area contributed by atoms with Gasteiger partial charge in [0.25, 0.3) is 0 Å². The lowest BCUT2D eigenvalue weighted by molar-refractivity contribution is 0.454. The summed E-state index contributed by atoms with van der Waals surface area (Å²) in [5.41, 5.74) is 9.33. The zero-order valence-corrected chi connectivity index (χ0v) is 12.7. The molecule has 110 valence electrons. The van der Waals surface area contributed by atoms with Gasteiger partial charge >= 0.3 is 0 Å². The summed E-state index contributed by atoms with van der Waals surface area (Å²) in [6, 6.07) is 13.8. The van der Waals surface area contributed by atoms with Gasteiger partial charge in [-0.15, -0.1) is 0 Å². The fourth-order valence-corrected chi connectivity index (χ4v) is 3.43. The number of phenolic OH excluding ortho intramolecular Hbond substituents is 1. The molecule has 0 bridgehead atoms. The molecule has 2 aromatic rings. The predicted molar refractivity (Wildman–Crippen MR) is 87.0 cm³/mol. The molecule has 0 saturated carbocycles. The Morgan fingerprint density at radius 1 is 1.33 bits per heavy atom. The first-order chi connectivity index (χ1) is 10.1. The minimum Gasteiger partial charge on any atom is -0.508 e. The van der Waals surface area contributed by atoms with Crippen LogP contribution in [0.5, 0.6) is 5.75 Å². The van der Waals surface area contributed by atoms with Crippen LogP contribution in [0.1, 0.15) is 24.1 Å². The van der Waals surface area contributed by atoms with E-state index in [1.54, 1.807) is 12.1 Å². The van der Waals surface area contributed by atoms with E-state index in [-0.39, 0.29) is 11.8 Å². The van der Waals surface area contributed by atoms with E-state index in [1.807, 2.05) is 12.1 Å². The third-order valence-electron chi connectivity index (χ3n) is 4.17. The third kappa shape index (κ3) is 2.47. The number of halogens is 1. The molecule has 0 fully saturated rings. The summed E-state index contributed by atoms with van der Waals surface area (Å²) in [5.74, 6) is 0.242. The monoisotopic (exact) mass is 302 g/mol. The summed E-state index contributed by atoms with van der Waals surface area (Å²) < 4.78 is 0. The molecule has 2 atom stereocenters. The van der Waals surface area contributed by atoms with Crippen LogP contribution in [-0.2, 0) is 6.42 Å². The number of aromatic hydroxyl groups is 1. The number of fused-ring (bicyclic) bond motifs is 1. The smallest absolute Gasteiger partial charge is 0.121 e. The zero-order valence-electron chi connectivity index (χ0n) is 12.0. The third-order valence-corrected chi connectivity index (χ3v) is 4.40. The van der Waals surface area contributed by atoms with Crippen molar-refractivity contribution in [1.29, 1.82) is 0 Å². The Labute approximate surface area is 130 Å². The number of hydrogen-bond acceptors (Lipinski definition) is 3. The summed E-state index contributed by atoms with van der Waals surface area (Å²) in [4.78, 5) is 2.29. The summed E-state index contributed by atoms with van der Waals surface area (Å²) in [6.45, 7) is 2.61. The maximum Gasteiger partial charge on any atom is 0.121 e. The molecule has 4 heteroatoms. The molecule has 0 radical (unpaired) electrons. The van der Waals surface area contributed by atoms with Crippen LogP contribution in [-0.4, -0.2) is 17.7 Å². The van der Waals surface area contributed by atoms with Crippen molar-refractivity contribution in [3.63, 3.8) is 0 Å². The van der Waals surface area contributed by atoms with Crippen molar-refractivity contribution in [3.8, 4) is 5.75 Å². The highest BCUT2D eigenvalue weighted by Gasteiger charge is 2.32. The maximum atomic E-state index is 10.2. The van der Waals surface area contributed by atoms with E-state index in [1.165, 1.54) is 11.3 Å². The quantitative estimate of drug-likeness (QED) is 0.912. The van der Waals surface area contributed by atoms with Crippen molar-refractivity contribution in [1.82, 2.24) is 0 Å². The van der Waals surface area contributed by atoms with Crippen LogP contribution >= 0.6 is 11.6 Å². The van der Waals surface area contributed by atoms with E-state index in [9.17, 15) is 5.11 Å². The van der Waals surface area contributed by atoms with Crippen molar-refractivity contribution < 1.29 is 5.11 Å². The van der Waals surface area contributed by atoms with Gasteiger partial charge in [-0.3, -0.25) is 0 Å². The standard InChI is InChI=1S/C17H19ClN2O/c1-11-8-12-4-2-3-5-15(12)20(11)16(10-19)14-9-13(18)6-7-17(14)21/h2-7,9,11,16,21H,8,10,19H2,1H3. The first-order valence-electron chi connectivity index (χ1n) is 7.16. The number of hydrogen-bond donors (Lipinski definition) is 2. The Morgan fingerprint density at radius 2 is 2.10 bits per heavy atom. The predicted octanol–water partition coefficient (Wildman–Crippen LogP) is 3.50. The highest BCUT2D eigenvalue weighted by molar-refractivity contribution is 6.30. The lowest BCUT2D eigenvalue weighted by Gasteiger charge is -2.34. The molecule has 3 N–H and O–H groups in total. The number of phenols is 1. The summed E-state index contributed by atoms with van der Waals surface area (Å²) >= 11 is 6.09. The molecule has 21 heavy (non-hydrogen) atoms. The summed E-state index contributed by atoms with van der Waals surface area (Å²) in [6.07, 6.45) is 0.994. The van der Waals surface area contributed by atoms with Crippen molar-refractivity contribution >= 4 is 17.3 Å². The number of rotatable bonds is 3. The van der Waals surface area contributed by atoms with E-state index in [4.69, 9.17) is 17.3 Å². The largest absolute Gasteiger partial charge is 0.508 e. The second-order valence-electron chi connectivity index (χ2n) is 5.54. The molecule has 1 aliphatic heterocycles. The number of nitrogens with zero attached hydrogens (tertiary/aromatic N) is 1.